The topological polar surface area (TPSA) is 29.5 Å². The van der Waals surface area contributed by atoms with Crippen LogP contribution < -0.4 is 4.90 Å². The highest BCUT2D eigenvalue weighted by Crippen LogP contribution is 2.61. The van der Waals surface area contributed by atoms with E-state index in [0.29, 0.717) is 0 Å². The molecule has 0 bridgehead atoms. The van der Waals surface area contributed by atoms with Crippen molar-refractivity contribution in [3.63, 3.8) is 0 Å². The number of fused-ring (bicyclic) bond motifs is 20. The lowest BCUT2D eigenvalue weighted by molar-refractivity contribution is 0.650. The summed E-state index contributed by atoms with van der Waals surface area (Å²) in [5.74, 6) is 0. The van der Waals surface area contributed by atoms with Crippen LogP contribution in [0.2, 0.25) is 0 Å². The number of benzene rings is 9. The molecular formula is C67H53NO2. The van der Waals surface area contributed by atoms with Gasteiger partial charge < -0.3 is 13.7 Å². The lowest BCUT2D eigenvalue weighted by Crippen LogP contribution is -2.18. The van der Waals surface area contributed by atoms with Crippen LogP contribution >= 0.6 is 0 Å². The zero-order valence-electron chi connectivity index (χ0n) is 41.3. The Kier molecular flexibility index (Phi) is 7.46. The monoisotopic (exact) mass is 903 g/mol. The predicted octanol–water partition coefficient (Wildman–Crippen LogP) is 18.5. The molecule has 0 amide bonds. The summed E-state index contributed by atoms with van der Waals surface area (Å²) in [6.45, 7) is 21.5. The molecule has 3 nitrogen and oxygen atoms in total. The van der Waals surface area contributed by atoms with Crippen LogP contribution in [0.5, 0.6) is 0 Å². The Hall–Kier alpha value is -7.62. The van der Waals surface area contributed by atoms with Crippen molar-refractivity contribution in [3.05, 3.63) is 208 Å². The SMILES string of the molecule is Cc1cccc(N(c2ccc3c(c2)C(C)(C)c2cc4c(cc2-3)C(C)(C)c2ccc3oc5ccccc5c3c2-4)c2ccc3c(c2)C(C)(C)c2cc4c(cc2-3)C(C)(C)c2ccc3oc5ccccc5c3c2-4)c1. The Morgan fingerprint density at radius 1 is 0.314 bits per heavy atom. The largest absolute Gasteiger partial charge is 0.456 e. The van der Waals surface area contributed by atoms with Gasteiger partial charge in [-0.15, -0.1) is 0 Å². The van der Waals surface area contributed by atoms with Crippen molar-refractivity contribution in [2.75, 3.05) is 4.90 Å². The second-order valence-electron chi connectivity index (χ2n) is 22.9. The van der Waals surface area contributed by atoms with Gasteiger partial charge in [0.05, 0.1) is 0 Å². The molecule has 0 fully saturated rings. The van der Waals surface area contributed by atoms with E-state index in [1.807, 2.05) is 0 Å². The summed E-state index contributed by atoms with van der Waals surface area (Å²) in [6.07, 6.45) is 0. The number of furan rings is 2. The maximum Gasteiger partial charge on any atom is 0.136 e. The summed E-state index contributed by atoms with van der Waals surface area (Å²) in [7, 11) is 0. The molecule has 11 aromatic rings. The summed E-state index contributed by atoms with van der Waals surface area (Å²) >= 11 is 0. The van der Waals surface area contributed by atoms with Crippen LogP contribution in [0.4, 0.5) is 17.1 Å². The first-order valence-electron chi connectivity index (χ1n) is 25.1. The van der Waals surface area contributed by atoms with Crippen LogP contribution in [0.1, 0.15) is 105 Å². The number of hydrogen-bond acceptors (Lipinski definition) is 3. The van der Waals surface area contributed by atoms with Gasteiger partial charge in [0.2, 0.25) is 0 Å². The molecule has 0 spiro atoms. The van der Waals surface area contributed by atoms with Crippen molar-refractivity contribution in [2.45, 2.75) is 84.0 Å². The second-order valence-corrected chi connectivity index (χ2v) is 22.9. The van der Waals surface area contributed by atoms with Gasteiger partial charge in [0.1, 0.15) is 22.3 Å². The van der Waals surface area contributed by atoms with E-state index >= 15 is 0 Å². The first-order valence-corrected chi connectivity index (χ1v) is 25.1. The van der Waals surface area contributed by atoms with E-state index in [1.54, 1.807) is 0 Å². The molecule has 0 N–H and O–H groups in total. The molecule has 15 rings (SSSR count). The van der Waals surface area contributed by atoms with Gasteiger partial charge in [-0.3, -0.25) is 0 Å². The van der Waals surface area contributed by atoms with E-state index < -0.39 is 0 Å². The normalized spacial score (nSPS) is 16.5. The number of para-hydroxylation sites is 2. The number of hydrogen-bond donors (Lipinski definition) is 0. The van der Waals surface area contributed by atoms with E-state index in [0.717, 1.165) is 39.4 Å². The van der Waals surface area contributed by atoms with Crippen LogP contribution in [0.25, 0.3) is 88.4 Å². The third kappa shape index (κ3) is 4.90. The first kappa shape index (κ1) is 40.3. The minimum atomic E-state index is -0.240. The molecule has 2 aromatic heterocycles. The predicted molar refractivity (Wildman–Crippen MR) is 291 cm³/mol. The fourth-order valence-electron chi connectivity index (χ4n) is 14.0. The Balaban J connectivity index is 0.866. The van der Waals surface area contributed by atoms with Crippen LogP contribution in [0.15, 0.2) is 167 Å². The van der Waals surface area contributed by atoms with Crippen LogP contribution in [0.3, 0.4) is 0 Å². The van der Waals surface area contributed by atoms with Crippen LogP contribution in [-0.2, 0) is 21.7 Å². The molecule has 0 atom stereocenters. The fraction of sp³-hybridized carbons (Fsp3) is 0.194. The fourth-order valence-corrected chi connectivity index (χ4v) is 14.0. The van der Waals surface area contributed by atoms with Crippen molar-refractivity contribution in [1.29, 1.82) is 0 Å². The maximum atomic E-state index is 6.46. The molecule has 70 heavy (non-hydrogen) atoms. The second kappa shape index (κ2) is 13.0. The highest BCUT2D eigenvalue weighted by atomic mass is 16.3. The lowest BCUT2D eigenvalue weighted by atomic mass is 9.79. The highest BCUT2D eigenvalue weighted by molar-refractivity contribution is 6.16. The number of aryl methyl sites for hydroxylation is 1. The molecule has 3 heteroatoms. The summed E-state index contributed by atoms with van der Waals surface area (Å²) in [6, 6.07) is 59.6. The van der Waals surface area contributed by atoms with Gasteiger partial charge in [-0.25, -0.2) is 0 Å². The lowest BCUT2D eigenvalue weighted by Gasteiger charge is -2.30. The van der Waals surface area contributed by atoms with Gasteiger partial charge >= 0.3 is 0 Å². The van der Waals surface area contributed by atoms with Gasteiger partial charge in [-0.2, -0.15) is 0 Å². The molecule has 0 radical (unpaired) electrons. The zero-order valence-corrected chi connectivity index (χ0v) is 41.3. The van der Waals surface area contributed by atoms with E-state index in [-0.39, 0.29) is 21.7 Å². The summed E-state index contributed by atoms with van der Waals surface area (Å²) in [5.41, 5.74) is 29.4. The van der Waals surface area contributed by atoms with Crippen molar-refractivity contribution < 1.29 is 8.83 Å². The van der Waals surface area contributed by atoms with E-state index in [4.69, 9.17) is 8.83 Å². The van der Waals surface area contributed by atoms with Gasteiger partial charge in [0, 0.05) is 60.3 Å². The average Bonchev–Trinajstić information content (AvgIpc) is 4.13. The van der Waals surface area contributed by atoms with Crippen molar-refractivity contribution in [1.82, 2.24) is 0 Å². The molecular weight excluding hydrogens is 851 g/mol. The Morgan fingerprint density at radius 3 is 1.19 bits per heavy atom. The Bertz CT molecular complexity index is 3950. The van der Waals surface area contributed by atoms with Gasteiger partial charge in [0.25, 0.3) is 0 Å². The first-order chi connectivity index (χ1) is 33.6. The maximum absolute atomic E-state index is 6.46. The molecule has 9 aromatic carbocycles. The van der Waals surface area contributed by atoms with Crippen molar-refractivity contribution in [2.24, 2.45) is 0 Å². The molecule has 0 saturated carbocycles. The Labute approximate surface area is 409 Å². The Morgan fingerprint density at radius 2 is 0.714 bits per heavy atom. The van der Waals surface area contributed by atoms with Crippen molar-refractivity contribution >= 4 is 60.9 Å². The van der Waals surface area contributed by atoms with Gasteiger partial charge in [-0.05, 0) is 186 Å². The summed E-state index contributed by atoms with van der Waals surface area (Å²) in [5, 5.41) is 4.83. The van der Waals surface area contributed by atoms with Crippen LogP contribution in [0, 0.1) is 6.92 Å². The molecule has 4 aliphatic rings. The standard InChI is InChI=1S/C67H53NO2/c1-36-15-14-16-37(29-36)68(38-21-23-40-44-32-54-46(34-52(44)66(6,7)50(40)30-38)60-48(64(54,2)3)25-27-58-62(60)42-17-10-12-19-56(42)69-58)39-22-24-41-45-33-55-47(35-53(45)67(8,9)51(41)31-39)61-49(65(55,4)5)26-28-59-63(61)43-18-11-13-20-57(43)70-59/h10-35H,1-9H3. The average molecular weight is 904 g/mol. The molecule has 2 heterocycles. The third-order valence-electron chi connectivity index (χ3n) is 17.7. The zero-order chi connectivity index (χ0) is 47.5. The number of rotatable bonds is 3. The molecule has 338 valence electrons. The van der Waals surface area contributed by atoms with Crippen molar-refractivity contribution in [3.8, 4) is 44.5 Å². The van der Waals surface area contributed by atoms with E-state index in [2.05, 4.69) is 225 Å². The number of nitrogens with zero attached hydrogens (tertiary/aromatic N) is 1. The minimum Gasteiger partial charge on any atom is -0.456 e. The number of anilines is 3. The minimum absolute atomic E-state index is 0.163. The summed E-state index contributed by atoms with van der Waals surface area (Å²) < 4.78 is 12.9. The molecule has 0 saturated heterocycles. The van der Waals surface area contributed by atoms with Gasteiger partial charge in [0.15, 0.2) is 0 Å². The quantitative estimate of drug-likeness (QED) is 0.177. The molecule has 0 unspecified atom stereocenters. The van der Waals surface area contributed by atoms with Gasteiger partial charge in [-0.1, -0.05) is 128 Å². The summed E-state index contributed by atoms with van der Waals surface area (Å²) in [4.78, 5) is 2.49. The van der Waals surface area contributed by atoms with Crippen LogP contribution in [-0.4, -0.2) is 0 Å². The highest BCUT2D eigenvalue weighted by Gasteiger charge is 2.45. The van der Waals surface area contributed by atoms with E-state index in [1.165, 1.54) is 116 Å². The molecule has 0 aliphatic heterocycles. The van der Waals surface area contributed by atoms with E-state index in [9.17, 15) is 0 Å². The third-order valence-corrected chi connectivity index (χ3v) is 17.7. The molecule has 4 aliphatic carbocycles. The smallest absolute Gasteiger partial charge is 0.136 e.